The van der Waals surface area contributed by atoms with Crippen molar-refractivity contribution in [2.24, 2.45) is 0 Å². The number of rotatable bonds is 3. The van der Waals surface area contributed by atoms with Gasteiger partial charge in [0, 0.05) is 17.8 Å². The lowest BCUT2D eigenvalue weighted by molar-refractivity contribution is -0.121. The van der Waals surface area contributed by atoms with Crippen molar-refractivity contribution >= 4 is 17.4 Å². The summed E-state index contributed by atoms with van der Waals surface area (Å²) in [5, 5.41) is 11.8. The van der Waals surface area contributed by atoms with Crippen LogP contribution in [0.3, 0.4) is 0 Å². The Hall–Kier alpha value is -1.88. The van der Waals surface area contributed by atoms with E-state index in [0.29, 0.717) is 12.1 Å². The SMILES string of the molecule is CC(=O)c1ccc(N2CC(=O)NC(CO)C2)cc1. The maximum absolute atomic E-state index is 11.5. The first-order valence-electron chi connectivity index (χ1n) is 5.86. The Kier molecular flexibility index (Phi) is 3.62. The fourth-order valence-electron chi connectivity index (χ4n) is 2.03. The monoisotopic (exact) mass is 248 g/mol. The molecule has 0 radical (unpaired) electrons. The predicted molar refractivity (Wildman–Crippen MR) is 67.7 cm³/mol. The molecule has 0 bridgehead atoms. The topological polar surface area (TPSA) is 69.6 Å². The minimum absolute atomic E-state index is 0.0196. The average molecular weight is 248 g/mol. The summed E-state index contributed by atoms with van der Waals surface area (Å²) in [7, 11) is 0. The van der Waals surface area contributed by atoms with Gasteiger partial charge < -0.3 is 15.3 Å². The van der Waals surface area contributed by atoms with Crippen molar-refractivity contribution in [3.05, 3.63) is 29.8 Å². The van der Waals surface area contributed by atoms with E-state index in [1.807, 2.05) is 17.0 Å². The molecule has 0 spiro atoms. The first-order chi connectivity index (χ1) is 8.60. The molecule has 1 unspecified atom stereocenters. The lowest BCUT2D eigenvalue weighted by Gasteiger charge is -2.33. The zero-order valence-electron chi connectivity index (χ0n) is 10.2. The van der Waals surface area contributed by atoms with E-state index in [2.05, 4.69) is 5.32 Å². The van der Waals surface area contributed by atoms with Crippen LogP contribution in [0, 0.1) is 0 Å². The summed E-state index contributed by atoms with van der Waals surface area (Å²) >= 11 is 0. The fraction of sp³-hybridized carbons (Fsp3) is 0.385. The minimum Gasteiger partial charge on any atom is -0.394 e. The van der Waals surface area contributed by atoms with Gasteiger partial charge in [-0.15, -0.1) is 0 Å². The Morgan fingerprint density at radius 3 is 2.67 bits per heavy atom. The molecule has 1 amide bonds. The molecular formula is C13H16N2O3. The number of hydrogen-bond acceptors (Lipinski definition) is 4. The lowest BCUT2D eigenvalue weighted by atomic mass is 10.1. The molecule has 1 aromatic carbocycles. The summed E-state index contributed by atoms with van der Waals surface area (Å²) in [4.78, 5) is 24.5. The predicted octanol–water partition coefficient (Wildman–Crippen LogP) is 0.186. The number of Topliss-reactive ketones (excluding diaryl/α,β-unsaturated/α-hetero) is 1. The zero-order valence-corrected chi connectivity index (χ0v) is 10.2. The second-order valence-electron chi connectivity index (χ2n) is 4.43. The van der Waals surface area contributed by atoms with Gasteiger partial charge in [-0.1, -0.05) is 0 Å². The molecule has 1 fully saturated rings. The highest BCUT2D eigenvalue weighted by Crippen LogP contribution is 2.17. The maximum atomic E-state index is 11.5. The molecule has 0 aliphatic carbocycles. The minimum atomic E-state index is -0.237. The third-order valence-corrected chi connectivity index (χ3v) is 3.00. The van der Waals surface area contributed by atoms with Crippen LogP contribution in [0.15, 0.2) is 24.3 Å². The zero-order chi connectivity index (χ0) is 13.1. The first-order valence-corrected chi connectivity index (χ1v) is 5.86. The molecule has 18 heavy (non-hydrogen) atoms. The van der Waals surface area contributed by atoms with Crippen LogP contribution >= 0.6 is 0 Å². The van der Waals surface area contributed by atoms with E-state index in [1.165, 1.54) is 6.92 Å². The lowest BCUT2D eigenvalue weighted by Crippen LogP contribution is -2.55. The van der Waals surface area contributed by atoms with Crippen LogP contribution < -0.4 is 10.2 Å². The number of ketones is 1. The van der Waals surface area contributed by atoms with Gasteiger partial charge in [-0.25, -0.2) is 0 Å². The Balaban J connectivity index is 2.15. The fourth-order valence-corrected chi connectivity index (χ4v) is 2.03. The van der Waals surface area contributed by atoms with Crippen molar-refractivity contribution < 1.29 is 14.7 Å². The number of aliphatic hydroxyl groups is 1. The van der Waals surface area contributed by atoms with Crippen molar-refractivity contribution in [1.29, 1.82) is 0 Å². The van der Waals surface area contributed by atoms with Gasteiger partial charge in [-0.05, 0) is 31.2 Å². The van der Waals surface area contributed by atoms with Crippen molar-refractivity contribution in [1.82, 2.24) is 5.32 Å². The molecule has 1 heterocycles. The van der Waals surface area contributed by atoms with E-state index in [9.17, 15) is 9.59 Å². The molecule has 2 rings (SSSR count). The Labute approximate surface area is 105 Å². The van der Waals surface area contributed by atoms with Crippen LogP contribution in [0.1, 0.15) is 17.3 Å². The second-order valence-corrected chi connectivity index (χ2v) is 4.43. The molecule has 1 aromatic rings. The summed E-state index contributed by atoms with van der Waals surface area (Å²) in [6.07, 6.45) is 0. The molecule has 96 valence electrons. The summed E-state index contributed by atoms with van der Waals surface area (Å²) in [6.45, 7) is 2.29. The number of piperazine rings is 1. The van der Waals surface area contributed by atoms with Gasteiger partial charge in [-0.2, -0.15) is 0 Å². The summed E-state index contributed by atoms with van der Waals surface area (Å²) in [6, 6.07) is 6.91. The van der Waals surface area contributed by atoms with Gasteiger partial charge in [0.05, 0.1) is 19.2 Å². The number of anilines is 1. The first kappa shape index (κ1) is 12.6. The Bertz CT molecular complexity index is 456. The average Bonchev–Trinajstić information content (AvgIpc) is 2.38. The summed E-state index contributed by atoms with van der Waals surface area (Å²) in [5.41, 5.74) is 1.53. The van der Waals surface area contributed by atoms with Gasteiger partial charge in [0.25, 0.3) is 0 Å². The third kappa shape index (κ3) is 2.68. The molecule has 1 saturated heterocycles. The van der Waals surface area contributed by atoms with Gasteiger partial charge in [-0.3, -0.25) is 9.59 Å². The molecule has 1 aliphatic rings. The van der Waals surface area contributed by atoms with E-state index in [-0.39, 0.29) is 30.9 Å². The highest BCUT2D eigenvalue weighted by molar-refractivity contribution is 5.94. The van der Waals surface area contributed by atoms with Crippen LogP contribution in [0.5, 0.6) is 0 Å². The van der Waals surface area contributed by atoms with E-state index in [4.69, 9.17) is 5.11 Å². The molecule has 1 aliphatic heterocycles. The van der Waals surface area contributed by atoms with Crippen molar-refractivity contribution in [3.8, 4) is 0 Å². The van der Waals surface area contributed by atoms with E-state index in [1.54, 1.807) is 12.1 Å². The maximum Gasteiger partial charge on any atom is 0.239 e. The van der Waals surface area contributed by atoms with Crippen molar-refractivity contribution in [2.75, 3.05) is 24.6 Å². The van der Waals surface area contributed by atoms with Crippen LogP contribution in [-0.4, -0.2) is 42.5 Å². The molecule has 5 nitrogen and oxygen atoms in total. The molecular weight excluding hydrogens is 232 g/mol. The molecule has 0 aromatic heterocycles. The smallest absolute Gasteiger partial charge is 0.239 e. The molecule has 5 heteroatoms. The quantitative estimate of drug-likeness (QED) is 0.749. The number of nitrogens with one attached hydrogen (secondary N) is 1. The molecule has 2 N–H and O–H groups in total. The standard InChI is InChI=1S/C13H16N2O3/c1-9(17)10-2-4-12(5-3-10)15-6-11(8-16)14-13(18)7-15/h2-5,11,16H,6-8H2,1H3,(H,14,18). The van der Waals surface area contributed by atoms with E-state index >= 15 is 0 Å². The number of hydrogen-bond donors (Lipinski definition) is 2. The summed E-state index contributed by atoms with van der Waals surface area (Å²) < 4.78 is 0. The van der Waals surface area contributed by atoms with Crippen LogP contribution in [0.4, 0.5) is 5.69 Å². The van der Waals surface area contributed by atoms with Gasteiger partial charge in [0.1, 0.15) is 0 Å². The molecule has 1 atom stereocenters. The van der Waals surface area contributed by atoms with Crippen LogP contribution in [0.2, 0.25) is 0 Å². The van der Waals surface area contributed by atoms with E-state index < -0.39 is 0 Å². The number of nitrogens with zero attached hydrogens (tertiary/aromatic N) is 1. The largest absolute Gasteiger partial charge is 0.394 e. The van der Waals surface area contributed by atoms with Crippen molar-refractivity contribution in [2.45, 2.75) is 13.0 Å². The van der Waals surface area contributed by atoms with Crippen LogP contribution in [0.25, 0.3) is 0 Å². The third-order valence-electron chi connectivity index (χ3n) is 3.00. The van der Waals surface area contributed by atoms with Gasteiger partial charge >= 0.3 is 0 Å². The number of amides is 1. The Morgan fingerprint density at radius 1 is 1.44 bits per heavy atom. The van der Waals surface area contributed by atoms with Crippen molar-refractivity contribution in [3.63, 3.8) is 0 Å². The normalized spacial score (nSPS) is 19.6. The number of benzene rings is 1. The highest BCUT2D eigenvalue weighted by atomic mass is 16.3. The van der Waals surface area contributed by atoms with Gasteiger partial charge in [0.15, 0.2) is 5.78 Å². The number of carbonyl (C=O) groups is 2. The molecule has 0 saturated carbocycles. The summed E-state index contributed by atoms with van der Waals surface area (Å²) in [5.74, 6) is -0.0814. The number of carbonyl (C=O) groups excluding carboxylic acids is 2. The van der Waals surface area contributed by atoms with E-state index in [0.717, 1.165) is 5.69 Å². The Morgan fingerprint density at radius 2 is 2.11 bits per heavy atom. The second kappa shape index (κ2) is 5.18. The van der Waals surface area contributed by atoms with Crippen LogP contribution in [-0.2, 0) is 4.79 Å². The number of aliphatic hydroxyl groups excluding tert-OH is 1. The van der Waals surface area contributed by atoms with Gasteiger partial charge in [0.2, 0.25) is 5.91 Å². The highest BCUT2D eigenvalue weighted by Gasteiger charge is 2.24.